The van der Waals surface area contributed by atoms with Gasteiger partial charge in [0, 0.05) is 32.3 Å². The van der Waals surface area contributed by atoms with Crippen molar-refractivity contribution in [2.45, 2.75) is 74.6 Å². The van der Waals surface area contributed by atoms with Crippen LogP contribution in [0.2, 0.25) is 0 Å². The fourth-order valence-electron chi connectivity index (χ4n) is 6.53. The van der Waals surface area contributed by atoms with E-state index in [0.29, 0.717) is 18.5 Å². The van der Waals surface area contributed by atoms with Gasteiger partial charge in [0.05, 0.1) is 41.4 Å². The van der Waals surface area contributed by atoms with Gasteiger partial charge in [-0.2, -0.15) is 0 Å². The molecule has 12 heteroatoms. The minimum atomic E-state index is -3.83. The van der Waals surface area contributed by atoms with E-state index in [-0.39, 0.29) is 48.6 Å². The molecular weight excluding hydrogens is 608 g/mol. The van der Waals surface area contributed by atoms with E-state index in [1.54, 1.807) is 52.4 Å². The van der Waals surface area contributed by atoms with Crippen molar-refractivity contribution in [1.29, 1.82) is 0 Å². The average Bonchev–Trinajstić information content (AvgIpc) is 3.45. The zero-order chi connectivity index (χ0) is 33.1. The predicted molar refractivity (Wildman–Crippen MR) is 173 cm³/mol. The van der Waals surface area contributed by atoms with Crippen LogP contribution in [0.3, 0.4) is 0 Å². The molecule has 1 N–H and O–H groups in total. The van der Waals surface area contributed by atoms with Gasteiger partial charge in [0.2, 0.25) is 0 Å². The van der Waals surface area contributed by atoms with Gasteiger partial charge in [0.15, 0.2) is 15.5 Å². The van der Waals surface area contributed by atoms with Crippen molar-refractivity contribution < 1.29 is 32.6 Å². The minimum absolute atomic E-state index is 0.0235. The summed E-state index contributed by atoms with van der Waals surface area (Å²) in [5.41, 5.74) is -0.440. The zero-order valence-electron chi connectivity index (χ0n) is 27.0. The number of ether oxygens (including phenoxy) is 2. The number of carbonyl (C=O) groups is 2. The molecule has 3 atom stereocenters. The number of sulfone groups is 1. The second kappa shape index (κ2) is 13.5. The number of carbonyl (C=O) groups excluding carboxylic acids is 2. The van der Waals surface area contributed by atoms with Crippen LogP contribution in [0.4, 0.5) is 4.79 Å². The molecule has 1 aromatic heterocycles. The molecule has 0 spiro atoms. The van der Waals surface area contributed by atoms with Crippen LogP contribution >= 0.6 is 0 Å². The summed E-state index contributed by atoms with van der Waals surface area (Å²) < 4.78 is 40.1. The van der Waals surface area contributed by atoms with Gasteiger partial charge in [0.25, 0.3) is 5.91 Å². The second-order valence-corrected chi connectivity index (χ2v) is 15.2. The fourth-order valence-corrected chi connectivity index (χ4v) is 8.08. The molecule has 1 saturated heterocycles. The van der Waals surface area contributed by atoms with E-state index in [2.05, 4.69) is 4.98 Å². The Kier molecular flexibility index (Phi) is 9.90. The van der Waals surface area contributed by atoms with Crippen molar-refractivity contribution in [3.8, 4) is 11.3 Å². The summed E-state index contributed by atoms with van der Waals surface area (Å²) in [6, 6.07) is 16.2. The molecular formula is C34H44N4O7S. The normalized spacial score (nSPS) is 22.5. The fraction of sp³-hybridized carbons (Fsp3) is 0.500. The van der Waals surface area contributed by atoms with Crippen LogP contribution in [-0.2, 0) is 19.3 Å². The standard InChI is InChI=1S/C34H44N4O7S/c1-33(2,3)45-32(40)36-19-20-37(26(21-36)22-46(42,43)27-15-9-6-10-16-27)31(39)29-30(25-13-7-5-8-14-25)38(24-35-29)28-17-11-12-18-34(28,41)23-44-4/h5-10,13-16,24,26,28,41H,11-12,17-23H2,1-4H3/t26-,28+,34+/m0/s1. The molecule has 3 aromatic rings. The van der Waals surface area contributed by atoms with Gasteiger partial charge in [-0.15, -0.1) is 0 Å². The van der Waals surface area contributed by atoms with Crippen molar-refractivity contribution in [3.05, 3.63) is 72.7 Å². The first-order valence-corrected chi connectivity index (χ1v) is 17.4. The summed E-state index contributed by atoms with van der Waals surface area (Å²) in [4.78, 5) is 35.4. The molecule has 2 aromatic carbocycles. The van der Waals surface area contributed by atoms with Gasteiger partial charge in [-0.1, -0.05) is 61.4 Å². The maximum Gasteiger partial charge on any atom is 0.410 e. The van der Waals surface area contributed by atoms with Crippen LogP contribution in [0.15, 0.2) is 71.9 Å². The maximum atomic E-state index is 14.5. The molecule has 2 fully saturated rings. The Hall–Kier alpha value is -3.74. The first kappa shape index (κ1) is 33.6. The van der Waals surface area contributed by atoms with Crippen LogP contribution in [0.5, 0.6) is 0 Å². The van der Waals surface area contributed by atoms with Crippen LogP contribution in [0, 0.1) is 0 Å². The number of aromatic nitrogens is 2. The van der Waals surface area contributed by atoms with Gasteiger partial charge in [-0.25, -0.2) is 18.2 Å². The van der Waals surface area contributed by atoms with E-state index < -0.39 is 39.1 Å². The number of piperazine rings is 1. The van der Waals surface area contributed by atoms with E-state index in [1.165, 1.54) is 21.9 Å². The Morgan fingerprint density at radius 3 is 2.35 bits per heavy atom. The number of hydrogen-bond donors (Lipinski definition) is 1. The summed E-state index contributed by atoms with van der Waals surface area (Å²) in [5.74, 6) is -0.833. The molecule has 2 heterocycles. The second-order valence-electron chi connectivity index (χ2n) is 13.2. The largest absolute Gasteiger partial charge is 0.444 e. The molecule has 1 aliphatic carbocycles. The third-order valence-corrected chi connectivity index (χ3v) is 10.5. The molecule has 5 rings (SSSR count). The molecule has 11 nitrogen and oxygen atoms in total. The lowest BCUT2D eigenvalue weighted by Gasteiger charge is -2.42. The molecule has 46 heavy (non-hydrogen) atoms. The quantitative estimate of drug-likeness (QED) is 0.374. The molecule has 1 saturated carbocycles. The topological polar surface area (TPSA) is 131 Å². The lowest BCUT2D eigenvalue weighted by atomic mass is 9.80. The summed E-state index contributed by atoms with van der Waals surface area (Å²) in [6.45, 7) is 5.67. The van der Waals surface area contributed by atoms with Gasteiger partial charge in [-0.3, -0.25) is 4.79 Å². The summed E-state index contributed by atoms with van der Waals surface area (Å²) >= 11 is 0. The number of methoxy groups -OCH3 is 1. The Morgan fingerprint density at radius 1 is 1.02 bits per heavy atom. The van der Waals surface area contributed by atoms with Crippen LogP contribution in [0.1, 0.15) is 63.0 Å². The van der Waals surface area contributed by atoms with Crippen molar-refractivity contribution in [2.24, 2.45) is 0 Å². The summed E-state index contributed by atoms with van der Waals surface area (Å²) in [5, 5.41) is 11.7. The van der Waals surface area contributed by atoms with Crippen molar-refractivity contribution >= 4 is 21.8 Å². The average molecular weight is 653 g/mol. The molecule has 2 amide bonds. The van der Waals surface area contributed by atoms with Crippen molar-refractivity contribution in [2.75, 3.05) is 39.1 Å². The number of nitrogens with zero attached hydrogens (tertiary/aromatic N) is 4. The lowest BCUT2D eigenvalue weighted by Crippen LogP contribution is -2.59. The number of imidazole rings is 1. The van der Waals surface area contributed by atoms with Gasteiger partial charge < -0.3 is 28.9 Å². The van der Waals surface area contributed by atoms with E-state index in [4.69, 9.17) is 9.47 Å². The van der Waals surface area contributed by atoms with E-state index in [1.807, 2.05) is 34.9 Å². The lowest BCUT2D eigenvalue weighted by molar-refractivity contribution is -0.0893. The van der Waals surface area contributed by atoms with Gasteiger partial charge >= 0.3 is 6.09 Å². The van der Waals surface area contributed by atoms with E-state index in [0.717, 1.165) is 18.4 Å². The number of rotatable bonds is 8. The highest BCUT2D eigenvalue weighted by atomic mass is 32.2. The molecule has 1 aliphatic heterocycles. The molecule has 2 aliphatic rings. The summed E-state index contributed by atoms with van der Waals surface area (Å²) in [6.07, 6.45) is 4.02. The van der Waals surface area contributed by atoms with Crippen LogP contribution in [0.25, 0.3) is 11.3 Å². The number of aliphatic hydroxyl groups is 1. The monoisotopic (exact) mass is 652 g/mol. The highest BCUT2D eigenvalue weighted by molar-refractivity contribution is 7.91. The molecule has 248 valence electrons. The first-order valence-electron chi connectivity index (χ1n) is 15.7. The molecule has 0 bridgehead atoms. The highest BCUT2D eigenvalue weighted by Crippen LogP contribution is 2.41. The van der Waals surface area contributed by atoms with Crippen molar-refractivity contribution in [1.82, 2.24) is 19.4 Å². The SMILES string of the molecule is COC[C@]1(O)CCCC[C@H]1n1cnc(C(=O)N2CCN(C(=O)OC(C)(C)C)C[C@H]2CS(=O)(=O)c2ccccc2)c1-c1ccccc1. The summed E-state index contributed by atoms with van der Waals surface area (Å²) in [7, 11) is -2.27. The zero-order valence-corrected chi connectivity index (χ0v) is 27.8. The Morgan fingerprint density at radius 2 is 1.70 bits per heavy atom. The van der Waals surface area contributed by atoms with E-state index in [9.17, 15) is 23.1 Å². The molecule has 0 radical (unpaired) electrons. The van der Waals surface area contributed by atoms with Crippen LogP contribution in [-0.4, -0.2) is 101 Å². The number of benzene rings is 2. The smallest absolute Gasteiger partial charge is 0.410 e. The third-order valence-electron chi connectivity index (χ3n) is 8.64. The first-order chi connectivity index (χ1) is 21.8. The maximum absolute atomic E-state index is 14.5. The predicted octanol–water partition coefficient (Wildman–Crippen LogP) is 4.58. The minimum Gasteiger partial charge on any atom is -0.444 e. The van der Waals surface area contributed by atoms with E-state index >= 15 is 0 Å². The van der Waals surface area contributed by atoms with Gasteiger partial charge in [-0.05, 0) is 45.7 Å². The van der Waals surface area contributed by atoms with Gasteiger partial charge in [0.1, 0.15) is 11.2 Å². The highest BCUT2D eigenvalue weighted by Gasteiger charge is 2.43. The Bertz CT molecular complexity index is 1620. The number of amides is 2. The Balaban J connectivity index is 1.54. The third kappa shape index (κ3) is 7.29. The molecule has 0 unspecified atom stereocenters. The van der Waals surface area contributed by atoms with Crippen LogP contribution < -0.4 is 0 Å². The number of hydrogen-bond acceptors (Lipinski definition) is 8. The Labute approximate surface area is 271 Å². The van der Waals surface area contributed by atoms with Crippen molar-refractivity contribution in [3.63, 3.8) is 0 Å².